The van der Waals surface area contributed by atoms with Crippen LogP contribution in [0.1, 0.15) is 20.8 Å². The Kier molecular flexibility index (Phi) is 3.36. The number of carbonyl (C=O) groups excluding carboxylic acids is 1. The number of hydrogen-bond donors (Lipinski definition) is 0. The van der Waals surface area contributed by atoms with Crippen molar-refractivity contribution in [3.05, 3.63) is 0 Å². The zero-order valence-corrected chi connectivity index (χ0v) is 10.6. The summed E-state index contributed by atoms with van der Waals surface area (Å²) in [7, 11) is -5.87. The Morgan fingerprint density at radius 2 is 1.89 bits per heavy atom. The molecule has 0 aromatic rings. The molecule has 1 aliphatic rings. The summed E-state index contributed by atoms with van der Waals surface area (Å²) in [6.07, 6.45) is 0. The molecule has 1 aliphatic heterocycles. The summed E-state index contributed by atoms with van der Waals surface area (Å²) in [5.41, 5.74) is -6.73. The van der Waals surface area contributed by atoms with E-state index in [0.29, 0.717) is 0 Å². The van der Waals surface area contributed by atoms with Crippen molar-refractivity contribution in [2.45, 2.75) is 31.9 Å². The van der Waals surface area contributed by atoms with Crippen LogP contribution in [0.3, 0.4) is 0 Å². The van der Waals surface area contributed by atoms with Crippen molar-refractivity contribution in [1.82, 2.24) is 4.90 Å². The van der Waals surface area contributed by atoms with Crippen LogP contribution in [0.25, 0.3) is 0 Å². The molecule has 0 aromatic carbocycles. The number of carbonyl (C=O) groups is 1. The molecule has 104 valence electrons. The Bertz CT molecular complexity index is 495. The first-order chi connectivity index (χ1) is 7.92. The molecule has 6 nitrogen and oxygen atoms in total. The number of halogens is 3. The highest BCUT2D eigenvalue weighted by Gasteiger charge is 2.52. The number of nitrogens with zero attached hydrogens (tertiary/aromatic N) is 2. The van der Waals surface area contributed by atoms with Crippen LogP contribution >= 0.6 is 0 Å². The van der Waals surface area contributed by atoms with Crippen LogP contribution in [0, 0.1) is 0 Å². The third-order valence-electron chi connectivity index (χ3n) is 2.25. The third kappa shape index (κ3) is 2.42. The lowest BCUT2D eigenvalue weighted by atomic mass is 10.2. The van der Waals surface area contributed by atoms with Gasteiger partial charge in [0.1, 0.15) is 5.66 Å². The molecule has 0 saturated heterocycles. The molecule has 0 bridgehead atoms. The number of likely N-dealkylation sites (N-methyl/N-ethyl adjacent to an activating group) is 1. The van der Waals surface area contributed by atoms with Crippen LogP contribution in [0.2, 0.25) is 0 Å². The average molecular weight is 288 g/mol. The van der Waals surface area contributed by atoms with Crippen molar-refractivity contribution in [2.75, 3.05) is 6.54 Å². The lowest BCUT2D eigenvalue weighted by molar-refractivity contribution is -0.127. The van der Waals surface area contributed by atoms with E-state index in [1.807, 2.05) is 0 Å². The number of rotatable bonds is 2. The van der Waals surface area contributed by atoms with Crippen LogP contribution < -0.4 is 0 Å². The van der Waals surface area contributed by atoms with Gasteiger partial charge in [0.2, 0.25) is 0 Å². The molecule has 0 fully saturated rings. The second kappa shape index (κ2) is 4.11. The van der Waals surface area contributed by atoms with Gasteiger partial charge in [-0.05, 0) is 20.8 Å². The quantitative estimate of drug-likeness (QED) is 0.557. The van der Waals surface area contributed by atoms with Gasteiger partial charge in [0.05, 0.1) is 0 Å². The fraction of sp³-hybridized carbons (Fsp3) is 0.750. The van der Waals surface area contributed by atoms with E-state index in [4.69, 9.17) is 0 Å². The number of aliphatic imine (C=N–C) groups is 1. The smallest absolute Gasteiger partial charge is 0.349 e. The molecule has 0 aromatic heterocycles. The molecular weight excluding hydrogens is 277 g/mol. The molecule has 0 N–H and O–H groups in total. The van der Waals surface area contributed by atoms with Crippen LogP contribution in [0.15, 0.2) is 4.99 Å². The average Bonchev–Trinajstić information content (AvgIpc) is 2.33. The molecular formula is C8H11F3N2O4S. The topological polar surface area (TPSA) is 76.0 Å². The van der Waals surface area contributed by atoms with Crippen molar-refractivity contribution in [1.29, 1.82) is 0 Å². The van der Waals surface area contributed by atoms with Gasteiger partial charge in [-0.15, -0.1) is 0 Å². The summed E-state index contributed by atoms with van der Waals surface area (Å²) >= 11 is 0. The Morgan fingerprint density at radius 3 is 2.22 bits per heavy atom. The normalized spacial score (nSPS) is 20.0. The van der Waals surface area contributed by atoms with E-state index in [0.717, 1.165) is 4.90 Å². The van der Waals surface area contributed by atoms with Gasteiger partial charge in [-0.25, -0.2) is 4.99 Å². The highest BCUT2D eigenvalue weighted by atomic mass is 32.2. The van der Waals surface area contributed by atoms with E-state index >= 15 is 0 Å². The van der Waals surface area contributed by atoms with E-state index in [-0.39, 0.29) is 6.54 Å². The lowest BCUT2D eigenvalue weighted by Gasteiger charge is -2.27. The lowest BCUT2D eigenvalue weighted by Crippen LogP contribution is -2.43. The molecule has 1 heterocycles. The molecule has 0 radical (unpaired) electrons. The summed E-state index contributed by atoms with van der Waals surface area (Å²) in [4.78, 5) is 16.2. The molecule has 1 amide bonds. The van der Waals surface area contributed by atoms with Crippen LogP contribution in [-0.2, 0) is 19.1 Å². The van der Waals surface area contributed by atoms with Gasteiger partial charge in [0.25, 0.3) is 5.90 Å². The van der Waals surface area contributed by atoms with Crippen molar-refractivity contribution < 1.29 is 30.6 Å². The Hall–Kier alpha value is -1.32. The van der Waals surface area contributed by atoms with Gasteiger partial charge in [-0.2, -0.15) is 21.6 Å². The first-order valence-electron chi connectivity index (χ1n) is 4.85. The van der Waals surface area contributed by atoms with E-state index in [1.54, 1.807) is 6.92 Å². The zero-order chi connectivity index (χ0) is 14.4. The predicted octanol–water partition coefficient (Wildman–Crippen LogP) is 0.849. The van der Waals surface area contributed by atoms with Gasteiger partial charge >= 0.3 is 21.5 Å². The fourth-order valence-electron chi connectivity index (χ4n) is 1.46. The van der Waals surface area contributed by atoms with Crippen LogP contribution in [0.4, 0.5) is 13.2 Å². The molecule has 1 rings (SSSR count). The van der Waals surface area contributed by atoms with Crippen LogP contribution in [0.5, 0.6) is 0 Å². The number of alkyl halides is 3. The first kappa shape index (κ1) is 14.7. The van der Waals surface area contributed by atoms with Crippen molar-refractivity contribution >= 4 is 21.9 Å². The maximum atomic E-state index is 12.1. The predicted molar refractivity (Wildman–Crippen MR) is 55.0 cm³/mol. The second-order valence-corrected chi connectivity index (χ2v) is 5.48. The summed E-state index contributed by atoms with van der Waals surface area (Å²) in [5, 5.41) is 0. The summed E-state index contributed by atoms with van der Waals surface area (Å²) in [6, 6.07) is 0. The van der Waals surface area contributed by atoms with Gasteiger partial charge in [-0.3, -0.25) is 4.79 Å². The minimum absolute atomic E-state index is 0.161. The number of hydrogen-bond acceptors (Lipinski definition) is 5. The Labute approximate surface area is 102 Å². The van der Waals surface area contributed by atoms with E-state index in [9.17, 15) is 26.4 Å². The second-order valence-electron chi connectivity index (χ2n) is 3.94. The Balaban J connectivity index is 3.06. The zero-order valence-electron chi connectivity index (χ0n) is 9.78. The highest BCUT2D eigenvalue weighted by molar-refractivity contribution is 7.88. The molecule has 0 unspecified atom stereocenters. The van der Waals surface area contributed by atoms with Gasteiger partial charge in [-0.1, -0.05) is 0 Å². The summed E-state index contributed by atoms with van der Waals surface area (Å²) < 4.78 is 61.5. The highest BCUT2D eigenvalue weighted by Crippen LogP contribution is 2.29. The number of amides is 1. The molecule has 0 spiro atoms. The van der Waals surface area contributed by atoms with Crippen molar-refractivity contribution in [2.24, 2.45) is 4.99 Å². The minimum Gasteiger partial charge on any atom is -0.349 e. The summed E-state index contributed by atoms with van der Waals surface area (Å²) in [6.45, 7) is 4.64. The maximum absolute atomic E-state index is 12.1. The minimum atomic E-state index is -5.87. The molecule has 18 heavy (non-hydrogen) atoms. The van der Waals surface area contributed by atoms with Crippen LogP contribution in [-0.4, -0.2) is 42.8 Å². The van der Waals surface area contributed by atoms with E-state index in [2.05, 4.69) is 9.18 Å². The molecule has 0 saturated carbocycles. The van der Waals surface area contributed by atoms with Gasteiger partial charge in [0, 0.05) is 6.54 Å². The summed E-state index contributed by atoms with van der Waals surface area (Å²) in [5.74, 6) is -2.06. The van der Waals surface area contributed by atoms with Gasteiger partial charge < -0.3 is 9.08 Å². The standard InChI is InChI=1S/C8H11F3N2O4S/c1-4-13-6(14)5(12-7(13,2)3)17-18(15,16)8(9,10)11/h4H2,1-3H3. The monoisotopic (exact) mass is 288 g/mol. The molecule has 10 heteroatoms. The van der Waals surface area contributed by atoms with Crippen molar-refractivity contribution in [3.63, 3.8) is 0 Å². The molecule has 0 atom stereocenters. The third-order valence-corrected chi connectivity index (χ3v) is 3.20. The van der Waals surface area contributed by atoms with Gasteiger partial charge in [0.15, 0.2) is 0 Å². The first-order valence-corrected chi connectivity index (χ1v) is 6.26. The van der Waals surface area contributed by atoms with E-state index in [1.165, 1.54) is 13.8 Å². The largest absolute Gasteiger partial charge is 0.534 e. The SMILES string of the molecule is CCN1C(=O)C(OS(=O)(=O)C(F)(F)F)=NC1(C)C. The maximum Gasteiger partial charge on any atom is 0.534 e. The molecule has 0 aliphatic carbocycles. The van der Waals surface area contributed by atoms with E-state index < -0.39 is 33.1 Å². The Morgan fingerprint density at radius 1 is 1.39 bits per heavy atom. The van der Waals surface area contributed by atoms with Crippen molar-refractivity contribution in [3.8, 4) is 0 Å². The fourth-order valence-corrected chi connectivity index (χ4v) is 1.87.